The molecule has 0 spiro atoms. The van der Waals surface area contributed by atoms with Gasteiger partial charge in [-0.05, 0) is 99.7 Å². The molecule has 2 aliphatic carbocycles. The summed E-state index contributed by atoms with van der Waals surface area (Å²) in [5, 5.41) is 8.43. The number of hydrogen-bond donors (Lipinski definition) is 0. The Morgan fingerprint density at radius 3 is 1.35 bits per heavy atom. The van der Waals surface area contributed by atoms with E-state index in [-0.39, 0.29) is 129 Å². The van der Waals surface area contributed by atoms with Crippen molar-refractivity contribution in [3.8, 4) is 0 Å². The molecule has 0 saturated heterocycles. The largest absolute Gasteiger partial charge is 1.00 e. The van der Waals surface area contributed by atoms with Crippen LogP contribution >= 0.6 is 27.2 Å². The van der Waals surface area contributed by atoms with Crippen molar-refractivity contribution in [3.05, 3.63) is 92.3 Å². The van der Waals surface area contributed by atoms with Crippen LogP contribution in [0.3, 0.4) is 0 Å². The molecular formula is C45H63ClNa2O21P2. The number of rotatable bonds is 17. The molecule has 4 aliphatic rings. The zero-order chi connectivity index (χ0) is 53.2. The molecule has 0 saturated carbocycles. The van der Waals surface area contributed by atoms with Crippen molar-refractivity contribution in [2.45, 2.75) is 94.3 Å². The fraction of sp³-hybridized carbons (Fsp3) is 0.533. The third kappa shape index (κ3) is 20.5. The van der Waals surface area contributed by atoms with E-state index in [2.05, 4.69) is 9.41 Å². The van der Waals surface area contributed by atoms with Crippen molar-refractivity contribution in [1.82, 2.24) is 0 Å². The molecule has 4 unspecified atom stereocenters. The number of cyclic esters (lactones) is 2. The number of carbonyl (C=O) groups is 5. The Hall–Kier alpha value is -2.66. The standard InChI is InChI=1S/C22H31O9P.C14H23O5P.C8H9ClO4.CH2O3.2Na/c1-13(2)11-15-14(3)18(23)17(12-22(15,4)5)31-32(25,28-8)29-10-9-16-19(26-6)20(27-7)21(24)30-16;1-9(2)7-11-10(3)13(15)12(8-14(11,4)5)19-20(16,17)18-6;1-11-6-5(3-4-9)13-8(10)7(6)12-2;2-1-4-3;;/h9,11,17H,10,12H2,1-8H3;7,12H,8H2,1-6H3,(H,16,17);3H,4H2,1-2H3;1,3H;;/q;;;;2*+1/p-2/b16-9+;;5-3+;;;. The Labute approximate surface area is 464 Å². The minimum absolute atomic E-state index is 0. The number of esters is 2. The van der Waals surface area contributed by atoms with Gasteiger partial charge < -0.3 is 52.5 Å². The monoisotopic (exact) mass is 1080 g/mol. The molecule has 21 nitrogen and oxygen atoms in total. The summed E-state index contributed by atoms with van der Waals surface area (Å²) < 4.78 is 79.1. The van der Waals surface area contributed by atoms with Gasteiger partial charge >= 0.3 is 78.9 Å². The Morgan fingerprint density at radius 1 is 0.676 bits per heavy atom. The van der Waals surface area contributed by atoms with E-state index in [9.17, 15) is 33.2 Å². The fourth-order valence-electron chi connectivity index (χ4n) is 7.01. The molecule has 0 amide bonds. The Kier molecular flexibility index (Phi) is 31.7. The summed E-state index contributed by atoms with van der Waals surface area (Å²) in [5.74, 6) is -0.891. The van der Waals surface area contributed by atoms with Crippen molar-refractivity contribution in [2.24, 2.45) is 10.8 Å². The molecule has 0 aromatic carbocycles. The van der Waals surface area contributed by atoms with Gasteiger partial charge in [-0.1, -0.05) is 51.0 Å². The van der Waals surface area contributed by atoms with Crippen LogP contribution in [-0.2, 0) is 89.0 Å². The van der Waals surface area contributed by atoms with Crippen molar-refractivity contribution < 1.29 is 158 Å². The molecule has 0 N–H and O–H groups in total. The average molecular weight is 1080 g/mol. The molecule has 0 fully saturated rings. The molecule has 0 aromatic rings. The normalized spacial score (nSPS) is 21.7. The quantitative estimate of drug-likeness (QED) is 0.0370. The van der Waals surface area contributed by atoms with E-state index in [0.29, 0.717) is 29.7 Å². The number of ketones is 2. The molecule has 0 aromatic heterocycles. The Bertz CT molecular complexity index is 2280. The number of alkyl halides is 1. The zero-order valence-electron chi connectivity index (χ0n) is 43.7. The number of allylic oxidation sites excluding steroid dienone is 7. The van der Waals surface area contributed by atoms with Gasteiger partial charge in [-0.15, -0.1) is 11.6 Å². The first-order valence-electron chi connectivity index (χ1n) is 20.7. The summed E-state index contributed by atoms with van der Waals surface area (Å²) >= 11 is 5.46. The van der Waals surface area contributed by atoms with Crippen LogP contribution in [0.1, 0.15) is 82.1 Å². The molecule has 0 radical (unpaired) electrons. The number of methoxy groups -OCH3 is 4. The number of phosphoric ester groups is 2. The van der Waals surface area contributed by atoms with Crippen molar-refractivity contribution in [2.75, 3.05) is 55.1 Å². The first-order chi connectivity index (χ1) is 32.0. The minimum Gasteiger partial charge on any atom is -0.756 e. The van der Waals surface area contributed by atoms with Gasteiger partial charge in [0.15, 0.2) is 23.1 Å². The van der Waals surface area contributed by atoms with Crippen LogP contribution < -0.4 is 69.3 Å². The maximum atomic E-state index is 13.0. The number of carbonyl (C=O) groups excluding carboxylic acids is 5. The van der Waals surface area contributed by atoms with Gasteiger partial charge in [0.1, 0.15) is 12.2 Å². The summed E-state index contributed by atoms with van der Waals surface area (Å²) in [7, 11) is -0.858. The van der Waals surface area contributed by atoms with Crippen molar-refractivity contribution in [1.29, 1.82) is 0 Å². The van der Waals surface area contributed by atoms with Gasteiger partial charge in [0.25, 0.3) is 25.8 Å². The van der Waals surface area contributed by atoms with Gasteiger partial charge in [-0.3, -0.25) is 32.5 Å². The summed E-state index contributed by atoms with van der Waals surface area (Å²) in [6, 6.07) is 0. The third-order valence-electron chi connectivity index (χ3n) is 10.1. The topological polar surface area (TPSA) is 276 Å². The van der Waals surface area contributed by atoms with Gasteiger partial charge in [0, 0.05) is 20.1 Å². The molecule has 4 rings (SSSR count). The first kappa shape index (κ1) is 70.4. The molecule has 4 atom stereocenters. The van der Waals surface area contributed by atoms with E-state index in [1.54, 1.807) is 13.8 Å². The predicted octanol–water partition coefficient (Wildman–Crippen LogP) is 0.751. The minimum atomic E-state index is -4.42. The van der Waals surface area contributed by atoms with Crippen LogP contribution in [0.25, 0.3) is 0 Å². The maximum absolute atomic E-state index is 13.0. The van der Waals surface area contributed by atoms with E-state index >= 15 is 0 Å². The molecule has 26 heteroatoms. The molecule has 2 heterocycles. The van der Waals surface area contributed by atoms with Crippen LogP contribution in [0, 0.1) is 10.8 Å². The summed E-state index contributed by atoms with van der Waals surface area (Å²) in [5.41, 5.74) is 4.40. The summed E-state index contributed by atoms with van der Waals surface area (Å²) in [6.45, 7) is 18.7. The molecular weight excluding hydrogens is 1020 g/mol. The van der Waals surface area contributed by atoms with Crippen molar-refractivity contribution in [3.63, 3.8) is 0 Å². The molecule has 388 valence electrons. The van der Waals surface area contributed by atoms with Crippen LogP contribution in [0.15, 0.2) is 92.3 Å². The van der Waals surface area contributed by atoms with Gasteiger partial charge in [-0.2, -0.15) is 0 Å². The average Bonchev–Trinajstić information content (AvgIpc) is 3.77. The summed E-state index contributed by atoms with van der Waals surface area (Å²) in [6.07, 6.45) is 5.44. The van der Waals surface area contributed by atoms with E-state index in [1.165, 1.54) is 47.7 Å². The molecule has 0 bridgehead atoms. The summed E-state index contributed by atoms with van der Waals surface area (Å²) in [4.78, 5) is 70.7. The van der Waals surface area contributed by atoms with Gasteiger partial charge in [-0.25, -0.2) is 14.2 Å². The van der Waals surface area contributed by atoms with Crippen LogP contribution in [-0.4, -0.2) is 97.3 Å². The number of phosphoric acid groups is 2. The second-order valence-electron chi connectivity index (χ2n) is 16.6. The number of halogens is 1. The number of hydrogen-bond acceptors (Lipinski definition) is 21. The van der Waals surface area contributed by atoms with Crippen LogP contribution in [0.2, 0.25) is 0 Å². The SMILES string of the molecule is COC1=C(OC)/C(=C\CCl)OC1=O.COC1=C(OC)/C(=C\COP(=O)(OC)OC2CC(C)(C)C(C=C(C)C)=C(C)C2=O)OC1=O.COP(=O)([O-])OC1CC(C)(C)C(C=C(C)C)=C(C)C1=O.O=CO[O-].[Na+].[Na+]. The van der Waals surface area contributed by atoms with E-state index < -0.39 is 39.8 Å². The van der Waals surface area contributed by atoms with Gasteiger partial charge in [0.05, 0.1) is 35.0 Å². The molecule has 2 aliphatic heterocycles. The van der Waals surface area contributed by atoms with E-state index in [1.807, 2.05) is 67.5 Å². The van der Waals surface area contributed by atoms with E-state index in [4.69, 9.17) is 68.2 Å². The fourth-order valence-corrected chi connectivity index (χ4v) is 8.71. The zero-order valence-corrected chi connectivity index (χ0v) is 50.3. The van der Waals surface area contributed by atoms with Crippen molar-refractivity contribution >= 4 is 57.2 Å². The number of Topliss-reactive ketones (excluding diaryl/α,β-unsaturated/α-hetero) is 2. The Balaban J connectivity index is 0. The van der Waals surface area contributed by atoms with Gasteiger partial charge in [0.2, 0.25) is 11.5 Å². The smallest absolute Gasteiger partial charge is 0.756 e. The Morgan fingerprint density at radius 2 is 1.04 bits per heavy atom. The second-order valence-corrected chi connectivity index (χ2v) is 20.1. The maximum Gasteiger partial charge on any atom is 1.00 e. The van der Waals surface area contributed by atoms with E-state index in [0.717, 1.165) is 29.4 Å². The second kappa shape index (κ2) is 31.9. The number of ether oxygens (including phenoxy) is 6. The predicted molar refractivity (Wildman–Crippen MR) is 244 cm³/mol. The van der Waals surface area contributed by atoms with Crippen LogP contribution in [0.5, 0.6) is 0 Å². The first-order valence-corrected chi connectivity index (χ1v) is 24.1. The molecule has 71 heavy (non-hydrogen) atoms. The third-order valence-corrected chi connectivity index (χ3v) is 12.6. The van der Waals surface area contributed by atoms with Crippen LogP contribution in [0.4, 0.5) is 0 Å².